The van der Waals surface area contributed by atoms with Crippen LogP contribution in [-0.2, 0) is 4.79 Å². The van der Waals surface area contributed by atoms with E-state index in [1.54, 1.807) is 6.92 Å². The van der Waals surface area contributed by atoms with Crippen LogP contribution in [0.15, 0.2) is 42.5 Å². The molecule has 5 heteroatoms. The van der Waals surface area contributed by atoms with E-state index in [-0.39, 0.29) is 17.8 Å². The highest BCUT2D eigenvalue weighted by molar-refractivity contribution is 5.76. The van der Waals surface area contributed by atoms with Gasteiger partial charge in [0.05, 0.1) is 6.54 Å². The topological polar surface area (TPSA) is 45.7 Å². The Bertz CT molecular complexity index is 819. The molecule has 2 aromatic rings. The predicted molar refractivity (Wildman–Crippen MR) is 119 cm³/mol. The SMILES string of the molecule is CC(=O)C[C@@H](C)c1ccc(O[C@@H]2CCN(c3cccc(N(C)C(C)C)n3)C2)cc1. The van der Waals surface area contributed by atoms with Gasteiger partial charge in [0.2, 0.25) is 0 Å². The van der Waals surface area contributed by atoms with Crippen LogP contribution in [0.5, 0.6) is 5.75 Å². The fourth-order valence-corrected chi connectivity index (χ4v) is 3.70. The van der Waals surface area contributed by atoms with Crippen molar-refractivity contribution in [3.8, 4) is 5.75 Å². The average molecular weight is 396 g/mol. The summed E-state index contributed by atoms with van der Waals surface area (Å²) in [5, 5.41) is 0. The third-order valence-corrected chi connectivity index (χ3v) is 5.67. The fraction of sp³-hybridized carbons (Fsp3) is 0.500. The second-order valence-corrected chi connectivity index (χ2v) is 8.41. The first-order chi connectivity index (χ1) is 13.8. The molecule has 0 bridgehead atoms. The van der Waals surface area contributed by atoms with Crippen molar-refractivity contribution >= 4 is 17.4 Å². The molecule has 1 aromatic heterocycles. The second kappa shape index (κ2) is 9.29. The van der Waals surface area contributed by atoms with Crippen molar-refractivity contribution in [3.63, 3.8) is 0 Å². The minimum Gasteiger partial charge on any atom is -0.489 e. The summed E-state index contributed by atoms with van der Waals surface area (Å²) >= 11 is 0. The number of hydrogen-bond donors (Lipinski definition) is 0. The second-order valence-electron chi connectivity index (χ2n) is 8.41. The van der Waals surface area contributed by atoms with Gasteiger partial charge in [-0.25, -0.2) is 4.98 Å². The standard InChI is InChI=1S/C24H33N3O2/c1-17(2)26(5)23-7-6-8-24(25-23)27-14-13-22(16-27)29-21-11-9-20(10-12-21)18(3)15-19(4)28/h6-12,17-18,22H,13-16H2,1-5H3/t18-,22-/m1/s1. The number of Topliss-reactive ketones (excluding diaryl/α,β-unsaturated/α-hetero) is 1. The van der Waals surface area contributed by atoms with E-state index in [9.17, 15) is 4.79 Å². The van der Waals surface area contributed by atoms with Crippen LogP contribution in [0, 0.1) is 0 Å². The Morgan fingerprint density at radius 3 is 2.59 bits per heavy atom. The molecule has 0 spiro atoms. The van der Waals surface area contributed by atoms with Gasteiger partial charge < -0.3 is 19.3 Å². The molecular formula is C24H33N3O2. The number of ketones is 1. The van der Waals surface area contributed by atoms with Gasteiger partial charge in [-0.1, -0.05) is 25.1 Å². The highest BCUT2D eigenvalue weighted by Gasteiger charge is 2.25. The van der Waals surface area contributed by atoms with E-state index in [0.717, 1.165) is 36.9 Å². The molecule has 2 atom stereocenters. The normalized spacial score (nSPS) is 17.4. The van der Waals surface area contributed by atoms with Gasteiger partial charge in [0, 0.05) is 32.5 Å². The van der Waals surface area contributed by atoms with Crippen molar-refractivity contribution in [3.05, 3.63) is 48.0 Å². The number of carbonyl (C=O) groups is 1. The fourth-order valence-electron chi connectivity index (χ4n) is 3.70. The minimum absolute atomic E-state index is 0.156. The van der Waals surface area contributed by atoms with Crippen LogP contribution in [0.3, 0.4) is 0 Å². The maximum absolute atomic E-state index is 11.3. The zero-order valence-electron chi connectivity index (χ0n) is 18.3. The van der Waals surface area contributed by atoms with Crippen molar-refractivity contribution in [2.45, 2.75) is 58.6 Å². The summed E-state index contributed by atoms with van der Waals surface area (Å²) in [6.45, 7) is 9.85. The molecule has 156 valence electrons. The average Bonchev–Trinajstić information content (AvgIpc) is 3.16. The number of anilines is 2. The Balaban J connectivity index is 1.59. The molecule has 1 fully saturated rings. The summed E-state index contributed by atoms with van der Waals surface area (Å²) in [7, 11) is 2.08. The zero-order valence-corrected chi connectivity index (χ0v) is 18.3. The summed E-state index contributed by atoms with van der Waals surface area (Å²) in [6, 6.07) is 14.8. The Kier molecular flexibility index (Phi) is 6.78. The molecule has 1 aromatic carbocycles. The van der Waals surface area contributed by atoms with Gasteiger partial charge in [0.15, 0.2) is 0 Å². The lowest BCUT2D eigenvalue weighted by atomic mass is 9.96. The molecule has 0 unspecified atom stereocenters. The van der Waals surface area contributed by atoms with Crippen LogP contribution in [-0.4, -0.2) is 43.1 Å². The summed E-state index contributed by atoms with van der Waals surface area (Å²) in [5.74, 6) is 3.36. The van der Waals surface area contributed by atoms with Crippen LogP contribution in [0.2, 0.25) is 0 Å². The van der Waals surface area contributed by atoms with Gasteiger partial charge in [0.1, 0.15) is 29.3 Å². The lowest BCUT2D eigenvalue weighted by Gasteiger charge is -2.25. The van der Waals surface area contributed by atoms with E-state index in [4.69, 9.17) is 9.72 Å². The summed E-state index contributed by atoms with van der Waals surface area (Å²) in [5.41, 5.74) is 1.18. The van der Waals surface area contributed by atoms with E-state index < -0.39 is 0 Å². The molecule has 5 nitrogen and oxygen atoms in total. The van der Waals surface area contributed by atoms with Crippen molar-refractivity contribution in [1.82, 2.24) is 4.98 Å². The Hall–Kier alpha value is -2.56. The molecule has 0 aliphatic carbocycles. The van der Waals surface area contributed by atoms with E-state index >= 15 is 0 Å². The predicted octanol–water partition coefficient (Wildman–Crippen LogP) is 4.67. The quantitative estimate of drug-likeness (QED) is 0.650. The molecule has 1 aliphatic rings. The van der Waals surface area contributed by atoms with E-state index in [1.165, 1.54) is 5.56 Å². The van der Waals surface area contributed by atoms with Gasteiger partial charge in [-0.05, 0) is 56.5 Å². The van der Waals surface area contributed by atoms with E-state index in [1.807, 2.05) is 12.1 Å². The minimum atomic E-state index is 0.156. The number of benzene rings is 1. The van der Waals surface area contributed by atoms with Gasteiger partial charge in [-0.2, -0.15) is 0 Å². The molecule has 0 saturated carbocycles. The third kappa shape index (κ3) is 5.49. The molecule has 3 rings (SSSR count). The van der Waals surface area contributed by atoms with Crippen LogP contribution in [0.4, 0.5) is 11.6 Å². The summed E-state index contributed by atoms with van der Waals surface area (Å²) in [4.78, 5) is 20.6. The lowest BCUT2D eigenvalue weighted by molar-refractivity contribution is -0.117. The molecule has 1 saturated heterocycles. The largest absolute Gasteiger partial charge is 0.489 e. The highest BCUT2D eigenvalue weighted by Crippen LogP contribution is 2.26. The van der Waals surface area contributed by atoms with Gasteiger partial charge >= 0.3 is 0 Å². The van der Waals surface area contributed by atoms with E-state index in [0.29, 0.717) is 12.5 Å². The number of nitrogens with zero attached hydrogens (tertiary/aromatic N) is 3. The van der Waals surface area contributed by atoms with Crippen LogP contribution >= 0.6 is 0 Å². The number of carbonyl (C=O) groups excluding carboxylic acids is 1. The van der Waals surface area contributed by atoms with Gasteiger partial charge in [-0.15, -0.1) is 0 Å². The molecular weight excluding hydrogens is 362 g/mol. The molecule has 2 heterocycles. The van der Waals surface area contributed by atoms with Crippen LogP contribution in [0.1, 0.15) is 52.0 Å². The van der Waals surface area contributed by atoms with Crippen molar-refractivity contribution in [1.29, 1.82) is 0 Å². The van der Waals surface area contributed by atoms with Gasteiger partial charge in [0.25, 0.3) is 0 Å². The van der Waals surface area contributed by atoms with Crippen molar-refractivity contribution in [2.75, 3.05) is 29.9 Å². The Labute approximate surface area is 174 Å². The molecule has 0 amide bonds. The number of aromatic nitrogens is 1. The van der Waals surface area contributed by atoms with Gasteiger partial charge in [-0.3, -0.25) is 0 Å². The number of rotatable bonds is 8. The summed E-state index contributed by atoms with van der Waals surface area (Å²) in [6.07, 6.45) is 1.72. The first kappa shape index (κ1) is 21.2. The molecule has 0 radical (unpaired) electrons. The first-order valence-electron chi connectivity index (χ1n) is 10.5. The zero-order chi connectivity index (χ0) is 21.0. The van der Waals surface area contributed by atoms with Crippen LogP contribution in [0.25, 0.3) is 0 Å². The molecule has 29 heavy (non-hydrogen) atoms. The maximum Gasteiger partial charge on any atom is 0.131 e. The smallest absolute Gasteiger partial charge is 0.131 e. The first-order valence-corrected chi connectivity index (χ1v) is 10.5. The highest BCUT2D eigenvalue weighted by atomic mass is 16.5. The van der Waals surface area contributed by atoms with Crippen molar-refractivity contribution in [2.24, 2.45) is 0 Å². The third-order valence-electron chi connectivity index (χ3n) is 5.67. The lowest BCUT2D eigenvalue weighted by Crippen LogP contribution is -2.28. The monoisotopic (exact) mass is 395 g/mol. The maximum atomic E-state index is 11.3. The molecule has 1 aliphatic heterocycles. The van der Waals surface area contributed by atoms with Crippen LogP contribution < -0.4 is 14.5 Å². The Morgan fingerprint density at radius 1 is 1.21 bits per heavy atom. The Morgan fingerprint density at radius 2 is 1.93 bits per heavy atom. The number of hydrogen-bond acceptors (Lipinski definition) is 5. The number of pyridine rings is 1. The van der Waals surface area contributed by atoms with Crippen molar-refractivity contribution < 1.29 is 9.53 Å². The van der Waals surface area contributed by atoms with E-state index in [2.05, 4.69) is 68.0 Å². The summed E-state index contributed by atoms with van der Waals surface area (Å²) < 4.78 is 6.21. The number of ether oxygens (including phenoxy) is 1. The molecule has 0 N–H and O–H groups in total.